The molecule has 0 N–H and O–H groups in total. The number of methoxy groups -OCH3 is 1. The van der Waals surface area contributed by atoms with Crippen LogP contribution in [0.25, 0.3) is 0 Å². The molecule has 16 heavy (non-hydrogen) atoms. The van der Waals surface area contributed by atoms with E-state index >= 15 is 0 Å². The molecule has 0 radical (unpaired) electrons. The Balaban J connectivity index is 2.07. The molecule has 0 spiro atoms. The van der Waals surface area contributed by atoms with Crippen LogP contribution in [0.3, 0.4) is 0 Å². The fourth-order valence-electron chi connectivity index (χ4n) is 2.02. The second kappa shape index (κ2) is 5.12. The Bertz CT molecular complexity index is 345. The number of hydrogen-bond donors (Lipinski definition) is 0. The summed E-state index contributed by atoms with van der Waals surface area (Å²) in [5, 5.41) is 0. The first kappa shape index (κ1) is 11.1. The van der Waals surface area contributed by atoms with E-state index in [0.717, 1.165) is 36.9 Å². The van der Waals surface area contributed by atoms with Gasteiger partial charge in [-0.3, -0.25) is 0 Å². The minimum Gasteiger partial charge on any atom is -0.497 e. The van der Waals surface area contributed by atoms with Gasteiger partial charge in [0.2, 0.25) is 0 Å². The van der Waals surface area contributed by atoms with E-state index in [0.29, 0.717) is 0 Å². The summed E-state index contributed by atoms with van der Waals surface area (Å²) in [5.74, 6) is 0.839. The van der Waals surface area contributed by atoms with Crippen molar-refractivity contribution in [1.29, 1.82) is 0 Å². The van der Waals surface area contributed by atoms with Crippen LogP contribution in [0.4, 0.5) is 0 Å². The van der Waals surface area contributed by atoms with Crippen molar-refractivity contribution in [1.82, 2.24) is 0 Å². The molecule has 1 aromatic carbocycles. The molecule has 0 aromatic heterocycles. The standard InChI is InChI=1S/C13H16O3/c1-15-11-7-5-10(6-8-11)13-4-2-3-12(9-14)16-13/h5-9,12-13H,2-4H2,1H3/t12-,13+/m1/s1. The van der Waals surface area contributed by atoms with Crippen molar-refractivity contribution in [2.45, 2.75) is 31.5 Å². The van der Waals surface area contributed by atoms with Gasteiger partial charge in [0.15, 0.2) is 0 Å². The largest absolute Gasteiger partial charge is 0.497 e. The average molecular weight is 220 g/mol. The maximum absolute atomic E-state index is 10.7. The summed E-state index contributed by atoms with van der Waals surface area (Å²) in [6.45, 7) is 0. The van der Waals surface area contributed by atoms with Gasteiger partial charge in [0, 0.05) is 0 Å². The van der Waals surface area contributed by atoms with Gasteiger partial charge in [-0.25, -0.2) is 0 Å². The van der Waals surface area contributed by atoms with Gasteiger partial charge in [0.1, 0.15) is 18.1 Å². The highest BCUT2D eigenvalue weighted by molar-refractivity contribution is 5.56. The summed E-state index contributed by atoms with van der Waals surface area (Å²) >= 11 is 0. The molecule has 1 heterocycles. The van der Waals surface area contributed by atoms with E-state index in [4.69, 9.17) is 9.47 Å². The number of ether oxygens (including phenoxy) is 2. The highest BCUT2D eigenvalue weighted by atomic mass is 16.5. The van der Waals surface area contributed by atoms with Gasteiger partial charge in [0.25, 0.3) is 0 Å². The van der Waals surface area contributed by atoms with Crippen molar-refractivity contribution in [3.8, 4) is 5.75 Å². The molecule has 3 nitrogen and oxygen atoms in total. The van der Waals surface area contributed by atoms with Gasteiger partial charge in [-0.15, -0.1) is 0 Å². The van der Waals surface area contributed by atoms with Crippen LogP contribution in [0.5, 0.6) is 5.75 Å². The number of benzene rings is 1. The Morgan fingerprint density at radius 1 is 1.31 bits per heavy atom. The van der Waals surface area contributed by atoms with Gasteiger partial charge in [-0.05, 0) is 37.0 Å². The molecule has 0 saturated carbocycles. The van der Waals surface area contributed by atoms with Gasteiger partial charge in [-0.2, -0.15) is 0 Å². The topological polar surface area (TPSA) is 35.5 Å². The van der Waals surface area contributed by atoms with Crippen LogP contribution in [0.2, 0.25) is 0 Å². The zero-order chi connectivity index (χ0) is 11.4. The summed E-state index contributed by atoms with van der Waals surface area (Å²) in [5.41, 5.74) is 1.12. The SMILES string of the molecule is COc1ccc([C@@H]2CCC[C@H](C=O)O2)cc1. The molecule has 1 aromatic rings. The Labute approximate surface area is 95.4 Å². The van der Waals surface area contributed by atoms with Crippen molar-refractivity contribution >= 4 is 6.29 Å². The number of carbonyl (C=O) groups excluding carboxylic acids is 1. The molecule has 86 valence electrons. The Morgan fingerprint density at radius 3 is 2.69 bits per heavy atom. The van der Waals surface area contributed by atoms with Gasteiger partial charge in [-0.1, -0.05) is 12.1 Å². The predicted molar refractivity (Wildman–Crippen MR) is 60.5 cm³/mol. The van der Waals surface area contributed by atoms with Crippen molar-refractivity contribution in [2.24, 2.45) is 0 Å². The van der Waals surface area contributed by atoms with E-state index in [-0.39, 0.29) is 12.2 Å². The van der Waals surface area contributed by atoms with Crippen molar-refractivity contribution in [3.63, 3.8) is 0 Å². The van der Waals surface area contributed by atoms with E-state index in [1.54, 1.807) is 7.11 Å². The predicted octanol–water partition coefficient (Wildman–Crippen LogP) is 2.50. The number of rotatable bonds is 3. The molecule has 1 aliphatic rings. The van der Waals surface area contributed by atoms with Crippen LogP contribution < -0.4 is 4.74 Å². The zero-order valence-corrected chi connectivity index (χ0v) is 9.39. The van der Waals surface area contributed by atoms with Crippen molar-refractivity contribution in [3.05, 3.63) is 29.8 Å². The molecule has 0 bridgehead atoms. The minimum absolute atomic E-state index is 0.0508. The first-order valence-electron chi connectivity index (χ1n) is 5.58. The third kappa shape index (κ3) is 2.42. The second-order valence-electron chi connectivity index (χ2n) is 4.00. The number of hydrogen-bond acceptors (Lipinski definition) is 3. The summed E-state index contributed by atoms with van der Waals surface area (Å²) in [6, 6.07) is 7.83. The number of aldehydes is 1. The molecule has 0 amide bonds. The lowest BCUT2D eigenvalue weighted by Crippen LogP contribution is -2.23. The first-order chi connectivity index (χ1) is 7.83. The maximum atomic E-state index is 10.7. The molecule has 0 unspecified atom stereocenters. The maximum Gasteiger partial charge on any atom is 0.148 e. The molecule has 0 aliphatic carbocycles. The van der Waals surface area contributed by atoms with Crippen LogP contribution in [0.1, 0.15) is 30.9 Å². The van der Waals surface area contributed by atoms with E-state index in [1.807, 2.05) is 24.3 Å². The van der Waals surface area contributed by atoms with Gasteiger partial charge >= 0.3 is 0 Å². The van der Waals surface area contributed by atoms with Crippen LogP contribution >= 0.6 is 0 Å². The first-order valence-corrected chi connectivity index (χ1v) is 5.58. The lowest BCUT2D eigenvalue weighted by atomic mass is 9.99. The number of carbonyl (C=O) groups is 1. The van der Waals surface area contributed by atoms with E-state index in [1.165, 1.54) is 0 Å². The average Bonchev–Trinajstić information content (AvgIpc) is 2.39. The zero-order valence-electron chi connectivity index (χ0n) is 9.39. The molecular formula is C13H16O3. The van der Waals surface area contributed by atoms with Crippen LogP contribution in [-0.2, 0) is 9.53 Å². The van der Waals surface area contributed by atoms with E-state index < -0.39 is 0 Å². The lowest BCUT2D eigenvalue weighted by Gasteiger charge is -2.27. The molecule has 1 aliphatic heterocycles. The van der Waals surface area contributed by atoms with E-state index in [2.05, 4.69) is 0 Å². The third-order valence-corrected chi connectivity index (χ3v) is 2.93. The summed E-state index contributed by atoms with van der Waals surface area (Å²) < 4.78 is 10.8. The van der Waals surface area contributed by atoms with Gasteiger partial charge in [0.05, 0.1) is 13.2 Å². The normalized spacial score (nSPS) is 25.1. The molecule has 2 rings (SSSR count). The molecular weight excluding hydrogens is 204 g/mol. The highest BCUT2D eigenvalue weighted by Crippen LogP contribution is 2.31. The Kier molecular flexibility index (Phi) is 3.57. The van der Waals surface area contributed by atoms with Crippen LogP contribution in [0, 0.1) is 0 Å². The second-order valence-corrected chi connectivity index (χ2v) is 4.00. The Hall–Kier alpha value is -1.35. The fraction of sp³-hybridized carbons (Fsp3) is 0.462. The van der Waals surface area contributed by atoms with Crippen LogP contribution in [0.15, 0.2) is 24.3 Å². The minimum atomic E-state index is -0.235. The summed E-state index contributed by atoms with van der Waals surface area (Å²) in [6.07, 6.45) is 3.58. The highest BCUT2D eigenvalue weighted by Gasteiger charge is 2.22. The third-order valence-electron chi connectivity index (χ3n) is 2.93. The smallest absolute Gasteiger partial charge is 0.148 e. The van der Waals surface area contributed by atoms with Crippen molar-refractivity contribution in [2.75, 3.05) is 7.11 Å². The van der Waals surface area contributed by atoms with Crippen molar-refractivity contribution < 1.29 is 14.3 Å². The monoisotopic (exact) mass is 220 g/mol. The summed E-state index contributed by atoms with van der Waals surface area (Å²) in [4.78, 5) is 10.7. The summed E-state index contributed by atoms with van der Waals surface area (Å²) in [7, 11) is 1.65. The molecule has 2 atom stereocenters. The Morgan fingerprint density at radius 2 is 2.06 bits per heavy atom. The molecule has 1 saturated heterocycles. The fourth-order valence-corrected chi connectivity index (χ4v) is 2.02. The molecule has 1 fully saturated rings. The van der Waals surface area contributed by atoms with E-state index in [9.17, 15) is 4.79 Å². The lowest BCUT2D eigenvalue weighted by molar-refractivity contribution is -0.127. The van der Waals surface area contributed by atoms with Crippen LogP contribution in [-0.4, -0.2) is 19.5 Å². The molecule has 3 heteroatoms. The quantitative estimate of drug-likeness (QED) is 0.734. The van der Waals surface area contributed by atoms with Gasteiger partial charge < -0.3 is 14.3 Å².